The molecule has 134 valence electrons. The Morgan fingerprint density at radius 2 is 1.88 bits per heavy atom. The molecule has 0 saturated heterocycles. The standard InChI is InChI=1S/C16H13N3O7/c1-25-14-9-12(18(21)22)10(15(19(23)24)16(14)26-2)6-7-13(20)11-5-3-4-8-17-11/h3-9H,1-2H3/b7-6+. The number of nitro benzene ring substituents is 2. The summed E-state index contributed by atoms with van der Waals surface area (Å²) in [5.74, 6) is -1.02. The first-order valence-electron chi connectivity index (χ1n) is 7.11. The van der Waals surface area contributed by atoms with Crippen molar-refractivity contribution in [2.24, 2.45) is 0 Å². The number of carbonyl (C=O) groups excluding carboxylic acids is 1. The van der Waals surface area contributed by atoms with Crippen LogP contribution in [0.5, 0.6) is 11.5 Å². The lowest BCUT2D eigenvalue weighted by atomic mass is 10.1. The monoisotopic (exact) mass is 359 g/mol. The fourth-order valence-electron chi connectivity index (χ4n) is 2.23. The number of pyridine rings is 1. The Morgan fingerprint density at radius 1 is 1.15 bits per heavy atom. The van der Waals surface area contributed by atoms with Gasteiger partial charge in [0.05, 0.1) is 30.1 Å². The highest BCUT2D eigenvalue weighted by atomic mass is 16.6. The van der Waals surface area contributed by atoms with Crippen molar-refractivity contribution >= 4 is 23.2 Å². The molecule has 10 heteroatoms. The molecule has 1 heterocycles. The van der Waals surface area contributed by atoms with E-state index >= 15 is 0 Å². The minimum Gasteiger partial charge on any atom is -0.492 e. The Balaban J connectivity index is 2.65. The molecule has 0 unspecified atom stereocenters. The summed E-state index contributed by atoms with van der Waals surface area (Å²) in [7, 11) is 2.37. The Hall–Kier alpha value is -3.82. The van der Waals surface area contributed by atoms with Crippen LogP contribution in [-0.4, -0.2) is 34.8 Å². The second-order valence-corrected chi connectivity index (χ2v) is 4.82. The summed E-state index contributed by atoms with van der Waals surface area (Å²) in [5, 5.41) is 22.8. The number of rotatable bonds is 7. The highest BCUT2D eigenvalue weighted by Gasteiger charge is 2.32. The van der Waals surface area contributed by atoms with E-state index in [-0.39, 0.29) is 22.8 Å². The number of nitrogens with zero attached hydrogens (tertiary/aromatic N) is 3. The maximum atomic E-state index is 12.1. The molecule has 0 fully saturated rings. The molecule has 2 rings (SSSR count). The molecule has 0 bridgehead atoms. The molecule has 0 saturated carbocycles. The second kappa shape index (κ2) is 7.83. The third kappa shape index (κ3) is 3.64. The third-order valence-electron chi connectivity index (χ3n) is 3.36. The molecule has 1 aromatic heterocycles. The lowest BCUT2D eigenvalue weighted by molar-refractivity contribution is -0.395. The van der Waals surface area contributed by atoms with Gasteiger partial charge in [0, 0.05) is 6.20 Å². The van der Waals surface area contributed by atoms with Crippen LogP contribution in [0.2, 0.25) is 0 Å². The maximum absolute atomic E-state index is 12.1. The van der Waals surface area contributed by atoms with Crippen LogP contribution in [0.3, 0.4) is 0 Å². The molecule has 0 atom stereocenters. The van der Waals surface area contributed by atoms with E-state index in [4.69, 9.17) is 9.47 Å². The van der Waals surface area contributed by atoms with E-state index in [2.05, 4.69) is 4.98 Å². The molecule has 0 spiro atoms. The van der Waals surface area contributed by atoms with Crippen LogP contribution in [0.15, 0.2) is 36.5 Å². The van der Waals surface area contributed by atoms with Gasteiger partial charge in [0.1, 0.15) is 11.3 Å². The van der Waals surface area contributed by atoms with Gasteiger partial charge in [-0.2, -0.15) is 0 Å². The van der Waals surface area contributed by atoms with Crippen LogP contribution in [-0.2, 0) is 0 Å². The number of methoxy groups -OCH3 is 2. The molecule has 1 aromatic carbocycles. The molecule has 0 radical (unpaired) electrons. The first-order chi connectivity index (χ1) is 12.4. The molecule has 0 aliphatic heterocycles. The van der Waals surface area contributed by atoms with Crippen molar-refractivity contribution in [3.05, 3.63) is 68.0 Å². The van der Waals surface area contributed by atoms with E-state index in [0.717, 1.165) is 18.2 Å². The average Bonchev–Trinajstić information content (AvgIpc) is 2.64. The zero-order valence-electron chi connectivity index (χ0n) is 13.7. The fourth-order valence-corrected chi connectivity index (χ4v) is 2.23. The molecular weight excluding hydrogens is 346 g/mol. The summed E-state index contributed by atoms with van der Waals surface area (Å²) in [6.07, 6.45) is 3.38. The predicted molar refractivity (Wildman–Crippen MR) is 90.5 cm³/mol. The van der Waals surface area contributed by atoms with Gasteiger partial charge in [-0.05, 0) is 24.3 Å². The Morgan fingerprint density at radius 3 is 2.38 bits per heavy atom. The van der Waals surface area contributed by atoms with Crippen molar-refractivity contribution in [2.45, 2.75) is 0 Å². The maximum Gasteiger partial charge on any atom is 0.328 e. The van der Waals surface area contributed by atoms with Crippen molar-refractivity contribution in [2.75, 3.05) is 14.2 Å². The minimum atomic E-state index is -0.834. The fraction of sp³-hybridized carbons (Fsp3) is 0.125. The molecule has 0 aliphatic carbocycles. The van der Waals surface area contributed by atoms with Gasteiger partial charge in [-0.3, -0.25) is 30.0 Å². The van der Waals surface area contributed by atoms with Crippen LogP contribution in [0.4, 0.5) is 11.4 Å². The van der Waals surface area contributed by atoms with E-state index in [1.54, 1.807) is 12.1 Å². The Bertz CT molecular complexity index is 894. The quantitative estimate of drug-likeness (QED) is 0.319. The molecule has 10 nitrogen and oxygen atoms in total. The molecular formula is C16H13N3O7. The van der Waals surface area contributed by atoms with Gasteiger partial charge in [0.2, 0.25) is 11.5 Å². The first-order valence-corrected chi connectivity index (χ1v) is 7.11. The SMILES string of the molecule is COc1cc([N+](=O)[O-])c(/C=C/C(=O)c2ccccn2)c([N+](=O)[O-])c1OC. The van der Waals surface area contributed by atoms with Crippen molar-refractivity contribution < 1.29 is 24.1 Å². The molecule has 0 aliphatic rings. The molecule has 26 heavy (non-hydrogen) atoms. The number of ketones is 1. The summed E-state index contributed by atoms with van der Waals surface area (Å²) in [4.78, 5) is 37.1. The highest BCUT2D eigenvalue weighted by Crippen LogP contribution is 2.45. The van der Waals surface area contributed by atoms with Gasteiger partial charge in [-0.25, -0.2) is 0 Å². The van der Waals surface area contributed by atoms with E-state index in [1.165, 1.54) is 26.5 Å². The lowest BCUT2D eigenvalue weighted by Gasteiger charge is -2.10. The smallest absolute Gasteiger partial charge is 0.328 e. The van der Waals surface area contributed by atoms with Crippen molar-refractivity contribution in [3.8, 4) is 11.5 Å². The van der Waals surface area contributed by atoms with Crippen molar-refractivity contribution in [1.82, 2.24) is 4.98 Å². The largest absolute Gasteiger partial charge is 0.492 e. The topological polar surface area (TPSA) is 135 Å². The van der Waals surface area contributed by atoms with Crippen LogP contribution in [0.25, 0.3) is 6.08 Å². The van der Waals surface area contributed by atoms with Gasteiger partial charge in [-0.15, -0.1) is 0 Å². The third-order valence-corrected chi connectivity index (χ3v) is 3.36. The van der Waals surface area contributed by atoms with Crippen LogP contribution >= 0.6 is 0 Å². The van der Waals surface area contributed by atoms with Crippen LogP contribution in [0.1, 0.15) is 16.1 Å². The number of hydrogen-bond acceptors (Lipinski definition) is 8. The van der Waals surface area contributed by atoms with Gasteiger partial charge in [0.25, 0.3) is 5.69 Å². The second-order valence-electron chi connectivity index (χ2n) is 4.82. The van der Waals surface area contributed by atoms with Crippen LogP contribution in [0, 0.1) is 20.2 Å². The number of nitro groups is 2. The summed E-state index contributed by atoms with van der Waals surface area (Å²) >= 11 is 0. The van der Waals surface area contributed by atoms with Crippen LogP contribution < -0.4 is 9.47 Å². The van der Waals surface area contributed by atoms with E-state index < -0.39 is 27.0 Å². The normalized spacial score (nSPS) is 10.5. The van der Waals surface area contributed by atoms with Gasteiger partial charge >= 0.3 is 5.69 Å². The number of carbonyl (C=O) groups is 1. The number of ether oxygens (including phenoxy) is 2. The summed E-state index contributed by atoms with van der Waals surface area (Å²) < 4.78 is 9.91. The zero-order chi connectivity index (χ0) is 19.3. The summed E-state index contributed by atoms with van der Waals surface area (Å²) in [6.45, 7) is 0. The Labute approximate surface area is 147 Å². The number of aromatic nitrogens is 1. The van der Waals surface area contributed by atoms with E-state index in [9.17, 15) is 25.0 Å². The van der Waals surface area contributed by atoms with Gasteiger partial charge in [-0.1, -0.05) is 6.07 Å². The van der Waals surface area contributed by atoms with E-state index in [0.29, 0.717) is 0 Å². The first kappa shape index (κ1) is 18.5. The molecule has 0 amide bonds. The lowest BCUT2D eigenvalue weighted by Crippen LogP contribution is -2.03. The predicted octanol–water partition coefficient (Wildman–Crippen LogP) is 2.81. The van der Waals surface area contributed by atoms with Crippen molar-refractivity contribution in [1.29, 1.82) is 0 Å². The van der Waals surface area contributed by atoms with Crippen molar-refractivity contribution in [3.63, 3.8) is 0 Å². The molecule has 0 N–H and O–H groups in total. The number of benzene rings is 1. The molecule has 2 aromatic rings. The minimum absolute atomic E-state index is 0.0922. The zero-order valence-corrected chi connectivity index (χ0v) is 13.7. The van der Waals surface area contributed by atoms with Gasteiger partial charge < -0.3 is 9.47 Å². The Kier molecular flexibility index (Phi) is 5.58. The average molecular weight is 359 g/mol. The number of allylic oxidation sites excluding steroid dienone is 1. The highest BCUT2D eigenvalue weighted by molar-refractivity contribution is 6.06. The van der Waals surface area contributed by atoms with Gasteiger partial charge in [0.15, 0.2) is 5.75 Å². The number of hydrogen-bond donors (Lipinski definition) is 0. The van der Waals surface area contributed by atoms with E-state index in [1.807, 2.05) is 0 Å². The summed E-state index contributed by atoms with van der Waals surface area (Å²) in [5.41, 5.74) is -1.57. The summed E-state index contributed by atoms with van der Waals surface area (Å²) in [6, 6.07) is 5.65.